The summed E-state index contributed by atoms with van der Waals surface area (Å²) in [5, 5.41) is 9.11. The molecule has 0 aliphatic heterocycles. The summed E-state index contributed by atoms with van der Waals surface area (Å²) in [6.07, 6.45) is 0.942. The fourth-order valence-electron chi connectivity index (χ4n) is 0.160. The predicted octanol–water partition coefficient (Wildman–Crippen LogP) is 2.10. The average Bonchev–Trinajstić information content (AvgIpc) is 1.68. The minimum atomic E-state index is 0.178. The van der Waals surface area contributed by atoms with Crippen molar-refractivity contribution in [3.8, 4) is 6.07 Å². The summed E-state index contributed by atoms with van der Waals surface area (Å²) in [7, 11) is 0. The highest BCUT2D eigenvalue weighted by Gasteiger charge is 1.96. The van der Waals surface area contributed by atoms with Crippen LogP contribution in [-0.2, 0) is 0 Å². The monoisotopic (exact) mass is 273 g/mol. The molecule has 40 valence electrons. The smallest absolute Gasteiger partial charge is 0.0986 e. The van der Waals surface area contributed by atoms with Crippen molar-refractivity contribution < 1.29 is 0 Å². The Morgan fingerprint density at radius 1 is 1.86 bits per heavy atom. The van der Waals surface area contributed by atoms with E-state index < -0.39 is 0 Å². The Labute approximate surface area is 65.4 Å². The van der Waals surface area contributed by atoms with Gasteiger partial charge in [0.25, 0.3) is 0 Å². The first-order chi connectivity index (χ1) is 3.31. The third-order valence-corrected chi connectivity index (χ3v) is 1.86. The predicted molar refractivity (Wildman–Crippen MR) is 41.8 cm³/mol. The lowest BCUT2D eigenvalue weighted by atomic mass is 10.4. The molecular weight excluding hydrogens is 269 g/mol. The maximum Gasteiger partial charge on any atom is 0.0986 e. The van der Waals surface area contributed by atoms with Crippen LogP contribution in [0.25, 0.3) is 0 Å². The molecule has 0 saturated carbocycles. The van der Waals surface area contributed by atoms with Gasteiger partial charge < -0.3 is 0 Å². The summed E-state index contributed by atoms with van der Waals surface area (Å²) in [5.74, 6) is 0. The third-order valence-electron chi connectivity index (χ3n) is 0.503. The molecule has 0 amide bonds. The number of alkyl halides is 2. The van der Waals surface area contributed by atoms with Gasteiger partial charge in [-0.2, -0.15) is 5.26 Å². The molecule has 1 unspecified atom stereocenters. The fraction of sp³-hybridized carbons (Fsp3) is 0.750. The lowest BCUT2D eigenvalue weighted by molar-refractivity contribution is 1.04. The molecular formula is C4H5BrIN. The molecule has 0 saturated heterocycles. The van der Waals surface area contributed by atoms with Gasteiger partial charge >= 0.3 is 0 Å². The molecule has 0 aliphatic carbocycles. The van der Waals surface area contributed by atoms with Crippen LogP contribution in [0.3, 0.4) is 0 Å². The van der Waals surface area contributed by atoms with Crippen molar-refractivity contribution in [3.05, 3.63) is 0 Å². The first-order valence-corrected chi connectivity index (χ1v) is 4.27. The highest BCUT2D eigenvalue weighted by Crippen LogP contribution is 2.04. The van der Waals surface area contributed by atoms with Crippen molar-refractivity contribution in [2.24, 2.45) is 0 Å². The maximum atomic E-state index is 8.19. The molecule has 1 nitrogen and oxygen atoms in total. The van der Waals surface area contributed by atoms with E-state index in [0.717, 1.165) is 11.8 Å². The molecule has 0 aromatic heterocycles. The average molecular weight is 274 g/mol. The van der Waals surface area contributed by atoms with E-state index in [0.29, 0.717) is 0 Å². The van der Waals surface area contributed by atoms with E-state index in [1.165, 1.54) is 0 Å². The number of rotatable bonds is 2. The Morgan fingerprint density at radius 3 is 2.57 bits per heavy atom. The van der Waals surface area contributed by atoms with E-state index in [-0.39, 0.29) is 3.92 Å². The van der Waals surface area contributed by atoms with E-state index in [2.05, 4.69) is 44.6 Å². The number of nitriles is 1. The molecule has 0 aliphatic rings. The Kier molecular flexibility index (Phi) is 5.33. The van der Waals surface area contributed by atoms with Crippen LogP contribution in [0.2, 0.25) is 0 Å². The van der Waals surface area contributed by atoms with Gasteiger partial charge in [-0.3, -0.25) is 0 Å². The summed E-state index contributed by atoms with van der Waals surface area (Å²) in [6.45, 7) is 0. The Balaban J connectivity index is 3.04. The van der Waals surface area contributed by atoms with Crippen molar-refractivity contribution in [1.82, 2.24) is 0 Å². The van der Waals surface area contributed by atoms with E-state index >= 15 is 0 Å². The molecule has 0 heterocycles. The number of halogens is 2. The molecule has 0 aromatic carbocycles. The van der Waals surface area contributed by atoms with E-state index in [9.17, 15) is 0 Å². The van der Waals surface area contributed by atoms with Gasteiger partial charge in [0.1, 0.15) is 0 Å². The minimum Gasteiger partial charge on any atom is -0.197 e. The molecule has 1 atom stereocenters. The third kappa shape index (κ3) is 4.56. The van der Waals surface area contributed by atoms with Gasteiger partial charge in [0.05, 0.1) is 9.99 Å². The maximum absolute atomic E-state index is 8.19. The lowest BCUT2D eigenvalue weighted by Crippen LogP contribution is -1.91. The minimum absolute atomic E-state index is 0.178. The van der Waals surface area contributed by atoms with Crippen LogP contribution >= 0.6 is 38.5 Å². The second-order valence-electron chi connectivity index (χ2n) is 1.07. The Morgan fingerprint density at radius 2 is 2.43 bits per heavy atom. The number of hydrogen-bond donors (Lipinski definition) is 0. The molecule has 0 spiro atoms. The zero-order valence-electron chi connectivity index (χ0n) is 3.69. The summed E-state index contributed by atoms with van der Waals surface area (Å²) in [4.78, 5) is 0. The zero-order valence-corrected chi connectivity index (χ0v) is 7.44. The SMILES string of the molecule is N#CC(I)CCBr. The molecule has 0 aromatic rings. The largest absolute Gasteiger partial charge is 0.197 e. The zero-order chi connectivity index (χ0) is 5.70. The van der Waals surface area contributed by atoms with Crippen LogP contribution in [0, 0.1) is 11.3 Å². The molecule has 0 radical (unpaired) electrons. The summed E-state index contributed by atoms with van der Waals surface area (Å²) in [6, 6.07) is 2.12. The molecule has 0 rings (SSSR count). The van der Waals surface area contributed by atoms with Crippen molar-refractivity contribution in [1.29, 1.82) is 5.26 Å². The van der Waals surface area contributed by atoms with Crippen LogP contribution in [0.1, 0.15) is 6.42 Å². The van der Waals surface area contributed by atoms with Gasteiger partial charge in [-0.05, 0) is 6.42 Å². The summed E-state index contributed by atoms with van der Waals surface area (Å²) >= 11 is 5.35. The summed E-state index contributed by atoms with van der Waals surface area (Å²) < 4.78 is 0.178. The number of hydrogen-bond acceptors (Lipinski definition) is 1. The van der Waals surface area contributed by atoms with E-state index in [1.54, 1.807) is 0 Å². The van der Waals surface area contributed by atoms with Crippen LogP contribution < -0.4 is 0 Å². The van der Waals surface area contributed by atoms with Crippen molar-refractivity contribution in [3.63, 3.8) is 0 Å². The molecule has 0 N–H and O–H groups in total. The van der Waals surface area contributed by atoms with Gasteiger partial charge in [0.2, 0.25) is 0 Å². The standard InChI is InChI=1S/C4H5BrIN/c5-2-1-4(6)3-7/h4H,1-2H2. The van der Waals surface area contributed by atoms with E-state index in [1.807, 2.05) is 0 Å². The normalized spacial score (nSPS) is 12.7. The van der Waals surface area contributed by atoms with Crippen molar-refractivity contribution in [2.45, 2.75) is 10.3 Å². The van der Waals surface area contributed by atoms with Gasteiger partial charge in [0, 0.05) is 5.33 Å². The van der Waals surface area contributed by atoms with Gasteiger partial charge in [-0.25, -0.2) is 0 Å². The van der Waals surface area contributed by atoms with Crippen molar-refractivity contribution in [2.75, 3.05) is 5.33 Å². The van der Waals surface area contributed by atoms with Crippen LogP contribution in [-0.4, -0.2) is 9.25 Å². The van der Waals surface area contributed by atoms with Crippen LogP contribution in [0.15, 0.2) is 0 Å². The quantitative estimate of drug-likeness (QED) is 0.558. The molecule has 7 heavy (non-hydrogen) atoms. The molecule has 3 heteroatoms. The fourth-order valence-corrected chi connectivity index (χ4v) is 1.79. The highest BCUT2D eigenvalue weighted by molar-refractivity contribution is 14.1. The molecule has 0 bridgehead atoms. The number of nitrogens with zero attached hydrogens (tertiary/aromatic N) is 1. The lowest BCUT2D eigenvalue weighted by Gasteiger charge is -1.89. The van der Waals surface area contributed by atoms with E-state index in [4.69, 9.17) is 5.26 Å². The van der Waals surface area contributed by atoms with Crippen LogP contribution in [0.5, 0.6) is 0 Å². The second-order valence-corrected chi connectivity index (χ2v) is 3.37. The first-order valence-electron chi connectivity index (χ1n) is 1.91. The highest BCUT2D eigenvalue weighted by atomic mass is 127. The van der Waals surface area contributed by atoms with Crippen LogP contribution in [0.4, 0.5) is 0 Å². The Hall–Kier alpha value is 0.700. The Bertz CT molecular complexity index is 78.2. The van der Waals surface area contributed by atoms with Crippen molar-refractivity contribution >= 4 is 38.5 Å². The topological polar surface area (TPSA) is 23.8 Å². The summed E-state index contributed by atoms with van der Waals surface area (Å²) in [5.41, 5.74) is 0. The first kappa shape index (κ1) is 7.70. The van der Waals surface area contributed by atoms with Gasteiger partial charge in [-0.1, -0.05) is 38.5 Å². The molecule has 0 fully saturated rings. The second kappa shape index (κ2) is 4.85. The van der Waals surface area contributed by atoms with Gasteiger partial charge in [0.15, 0.2) is 0 Å². The van der Waals surface area contributed by atoms with Gasteiger partial charge in [-0.15, -0.1) is 0 Å².